The SMILES string of the molecule is [B]C1OC(CI)(N=[N+]=[N-])C(O)C1C. The van der Waals surface area contributed by atoms with Crippen molar-refractivity contribution in [2.24, 2.45) is 11.0 Å². The molecule has 0 saturated carbocycles. The van der Waals surface area contributed by atoms with Crippen molar-refractivity contribution in [2.75, 3.05) is 4.43 Å². The molecule has 2 radical (unpaired) electrons. The number of aliphatic hydroxyl groups is 1. The van der Waals surface area contributed by atoms with E-state index < -0.39 is 17.8 Å². The third kappa shape index (κ3) is 1.78. The Balaban J connectivity index is 2.95. The lowest BCUT2D eigenvalue weighted by atomic mass is 9.85. The van der Waals surface area contributed by atoms with Crippen molar-refractivity contribution in [3.63, 3.8) is 0 Å². The Morgan fingerprint density at radius 1 is 1.85 bits per heavy atom. The average molecular weight is 293 g/mol. The van der Waals surface area contributed by atoms with E-state index in [1.54, 1.807) is 6.92 Å². The van der Waals surface area contributed by atoms with Gasteiger partial charge in [0.2, 0.25) is 0 Å². The standard InChI is InChI=1S/C6H9BIN3O2/c1-3-4(12)6(2-8,10-11-9)13-5(3)7/h3-5,12H,2H2,1H3. The Bertz CT molecular complexity index is 248. The fourth-order valence-corrected chi connectivity index (χ4v) is 2.08. The maximum absolute atomic E-state index is 9.73. The highest BCUT2D eigenvalue weighted by Gasteiger charge is 2.49. The normalized spacial score (nSPS) is 44.4. The number of azide groups is 1. The van der Waals surface area contributed by atoms with Crippen LogP contribution in [0, 0.1) is 5.92 Å². The predicted octanol–water partition coefficient (Wildman–Crippen LogP) is 0.950. The highest BCUT2D eigenvalue weighted by atomic mass is 127. The molecule has 1 saturated heterocycles. The summed E-state index contributed by atoms with van der Waals surface area (Å²) in [5.74, 6) is -0.222. The van der Waals surface area contributed by atoms with E-state index in [0.717, 1.165) is 0 Å². The van der Waals surface area contributed by atoms with E-state index in [1.807, 2.05) is 22.6 Å². The number of alkyl halides is 1. The van der Waals surface area contributed by atoms with Gasteiger partial charge in [0, 0.05) is 21.3 Å². The van der Waals surface area contributed by atoms with E-state index in [-0.39, 0.29) is 5.92 Å². The Morgan fingerprint density at radius 2 is 2.46 bits per heavy atom. The number of nitrogens with zero attached hydrogens (tertiary/aromatic N) is 3. The second-order valence-electron chi connectivity index (χ2n) is 3.05. The van der Waals surface area contributed by atoms with Crippen molar-refractivity contribution in [1.82, 2.24) is 0 Å². The van der Waals surface area contributed by atoms with Gasteiger partial charge in [-0.05, 0) is 5.53 Å². The maximum atomic E-state index is 9.73. The van der Waals surface area contributed by atoms with Crippen LogP contribution >= 0.6 is 22.6 Å². The Labute approximate surface area is 91.0 Å². The van der Waals surface area contributed by atoms with Gasteiger partial charge in [0.1, 0.15) is 7.85 Å². The van der Waals surface area contributed by atoms with Crippen molar-refractivity contribution >= 4 is 30.4 Å². The van der Waals surface area contributed by atoms with E-state index in [0.29, 0.717) is 4.43 Å². The van der Waals surface area contributed by atoms with E-state index in [9.17, 15) is 5.11 Å². The minimum Gasteiger partial charge on any atom is -0.390 e. The lowest BCUT2D eigenvalue weighted by molar-refractivity contribution is -0.0416. The Kier molecular flexibility index (Phi) is 3.45. The molecule has 1 aliphatic heterocycles. The van der Waals surface area contributed by atoms with Gasteiger partial charge in [-0.15, -0.1) is 0 Å². The topological polar surface area (TPSA) is 78.2 Å². The van der Waals surface area contributed by atoms with Crippen LogP contribution in [0.25, 0.3) is 10.4 Å². The average Bonchev–Trinajstić information content (AvgIpc) is 2.32. The molecule has 1 heterocycles. The first-order valence-electron chi connectivity index (χ1n) is 3.81. The van der Waals surface area contributed by atoms with Crippen LogP contribution in [0.15, 0.2) is 5.11 Å². The van der Waals surface area contributed by atoms with Gasteiger partial charge < -0.3 is 9.84 Å². The summed E-state index contributed by atoms with van der Waals surface area (Å²) in [6.45, 7) is 1.76. The van der Waals surface area contributed by atoms with Crippen LogP contribution < -0.4 is 0 Å². The number of hydrogen-bond acceptors (Lipinski definition) is 3. The van der Waals surface area contributed by atoms with Gasteiger partial charge in [-0.3, -0.25) is 0 Å². The first kappa shape index (κ1) is 11.1. The van der Waals surface area contributed by atoms with Crippen LogP contribution in [0.3, 0.4) is 0 Å². The summed E-state index contributed by atoms with van der Waals surface area (Å²) in [6.07, 6.45) is -0.838. The second-order valence-corrected chi connectivity index (χ2v) is 3.82. The van der Waals surface area contributed by atoms with Crippen molar-refractivity contribution in [3.05, 3.63) is 10.4 Å². The van der Waals surface area contributed by atoms with Gasteiger partial charge >= 0.3 is 0 Å². The molecule has 0 aromatic carbocycles. The number of rotatable bonds is 2. The van der Waals surface area contributed by atoms with E-state index in [2.05, 4.69) is 10.0 Å². The van der Waals surface area contributed by atoms with E-state index in [1.165, 1.54) is 0 Å². The molecule has 0 aromatic heterocycles. The summed E-state index contributed by atoms with van der Waals surface area (Å²) >= 11 is 2.00. The summed E-state index contributed by atoms with van der Waals surface area (Å²) in [6, 6.07) is -0.574. The summed E-state index contributed by atoms with van der Waals surface area (Å²) in [4.78, 5) is 2.66. The van der Waals surface area contributed by atoms with Crippen LogP contribution in [0.2, 0.25) is 0 Å². The van der Waals surface area contributed by atoms with Gasteiger partial charge in [-0.2, -0.15) is 0 Å². The summed E-state index contributed by atoms with van der Waals surface area (Å²) in [5.41, 5.74) is 7.15. The molecule has 0 spiro atoms. The van der Waals surface area contributed by atoms with Gasteiger partial charge in [0.25, 0.3) is 0 Å². The lowest BCUT2D eigenvalue weighted by Crippen LogP contribution is -2.40. The van der Waals surface area contributed by atoms with Crippen molar-refractivity contribution in [3.8, 4) is 0 Å². The number of aliphatic hydroxyl groups excluding tert-OH is 1. The van der Waals surface area contributed by atoms with Gasteiger partial charge in [0.15, 0.2) is 5.72 Å². The van der Waals surface area contributed by atoms with Crippen LogP contribution in [0.5, 0.6) is 0 Å². The molecule has 1 N–H and O–H groups in total. The summed E-state index contributed by atoms with van der Waals surface area (Å²) in [5, 5.41) is 13.2. The zero-order valence-electron chi connectivity index (χ0n) is 7.09. The molecule has 4 unspecified atom stereocenters. The molecule has 5 nitrogen and oxygen atoms in total. The second kappa shape index (κ2) is 4.04. The van der Waals surface area contributed by atoms with Crippen molar-refractivity contribution in [1.29, 1.82) is 0 Å². The highest BCUT2D eigenvalue weighted by molar-refractivity contribution is 14.1. The van der Waals surface area contributed by atoms with Gasteiger partial charge in [-0.1, -0.05) is 34.6 Å². The molecule has 7 heteroatoms. The molecule has 13 heavy (non-hydrogen) atoms. The molecular formula is C6H9BIN3O2. The number of ether oxygens (including phenoxy) is 1. The minimum atomic E-state index is -1.19. The Hall–Kier alpha value is 0.0249. The first-order valence-corrected chi connectivity index (χ1v) is 5.33. The van der Waals surface area contributed by atoms with Gasteiger partial charge in [-0.25, -0.2) is 0 Å². The maximum Gasteiger partial charge on any atom is 0.181 e. The first-order chi connectivity index (χ1) is 6.07. The molecule has 0 amide bonds. The molecule has 1 rings (SSSR count). The predicted molar refractivity (Wildman–Crippen MR) is 56.6 cm³/mol. The van der Waals surface area contributed by atoms with Crippen LogP contribution in [0.1, 0.15) is 6.92 Å². The molecule has 0 aliphatic carbocycles. The molecular weight excluding hydrogens is 284 g/mol. The molecule has 1 fully saturated rings. The van der Waals surface area contributed by atoms with E-state index in [4.69, 9.17) is 18.1 Å². The van der Waals surface area contributed by atoms with Gasteiger partial charge in [0.05, 0.1) is 6.10 Å². The van der Waals surface area contributed by atoms with Crippen molar-refractivity contribution < 1.29 is 9.84 Å². The fourth-order valence-electron chi connectivity index (χ4n) is 1.30. The monoisotopic (exact) mass is 293 g/mol. The minimum absolute atomic E-state index is 0.222. The van der Waals surface area contributed by atoms with Crippen LogP contribution in [-0.2, 0) is 4.74 Å². The molecule has 1 aliphatic rings. The zero-order valence-corrected chi connectivity index (χ0v) is 9.25. The van der Waals surface area contributed by atoms with Crippen molar-refractivity contribution in [2.45, 2.75) is 24.8 Å². The fraction of sp³-hybridized carbons (Fsp3) is 1.00. The highest BCUT2D eigenvalue weighted by Crippen LogP contribution is 2.36. The number of hydrogen-bond donors (Lipinski definition) is 1. The molecule has 4 atom stereocenters. The van der Waals surface area contributed by atoms with Crippen LogP contribution in [-0.4, -0.2) is 35.2 Å². The largest absolute Gasteiger partial charge is 0.390 e. The number of halogens is 1. The quantitative estimate of drug-likeness (QED) is 0.205. The Morgan fingerprint density at radius 3 is 2.77 bits per heavy atom. The van der Waals surface area contributed by atoms with Crippen LogP contribution in [0.4, 0.5) is 0 Å². The zero-order chi connectivity index (χ0) is 10.1. The van der Waals surface area contributed by atoms with E-state index >= 15 is 0 Å². The molecule has 0 bridgehead atoms. The summed E-state index contributed by atoms with van der Waals surface area (Å²) < 4.78 is 5.65. The molecule has 0 aromatic rings. The smallest absolute Gasteiger partial charge is 0.181 e. The third-order valence-corrected chi connectivity index (χ3v) is 3.32. The summed E-state index contributed by atoms with van der Waals surface area (Å²) in [7, 11) is 5.58. The molecule has 70 valence electrons. The third-order valence-electron chi connectivity index (χ3n) is 2.22. The lowest BCUT2D eigenvalue weighted by Gasteiger charge is -2.24.